The van der Waals surface area contributed by atoms with Crippen molar-refractivity contribution in [3.63, 3.8) is 0 Å². The number of anilines is 2. The number of nitrogens with one attached hydrogen (secondary N) is 1. The third-order valence-electron chi connectivity index (χ3n) is 4.04. The van der Waals surface area contributed by atoms with E-state index < -0.39 is 0 Å². The van der Waals surface area contributed by atoms with E-state index in [1.807, 2.05) is 55.5 Å². The van der Waals surface area contributed by atoms with Crippen LogP contribution >= 0.6 is 0 Å². The second kappa shape index (κ2) is 9.61. The second-order valence-electron chi connectivity index (χ2n) is 5.92. The minimum absolute atomic E-state index is 0.128. The van der Waals surface area contributed by atoms with E-state index in [0.29, 0.717) is 18.0 Å². The number of ether oxygens (including phenoxy) is 1. The van der Waals surface area contributed by atoms with Gasteiger partial charge in [-0.1, -0.05) is 31.2 Å². The zero-order valence-electron chi connectivity index (χ0n) is 15.6. The molecule has 0 atom stereocenters. The van der Waals surface area contributed by atoms with E-state index in [1.54, 1.807) is 4.90 Å². The number of aryl methyl sites for hydroxylation is 1. The number of hydrogen-bond acceptors (Lipinski definition) is 3. The minimum Gasteiger partial charge on any atom is -0.492 e. The Bertz CT molecular complexity index is 741. The topological polar surface area (TPSA) is 58.6 Å². The van der Waals surface area contributed by atoms with E-state index in [9.17, 15) is 9.59 Å². The normalized spacial score (nSPS) is 10.3. The maximum atomic E-state index is 12.3. The largest absolute Gasteiger partial charge is 0.492 e. The highest BCUT2D eigenvalue weighted by Crippen LogP contribution is 2.28. The number of carbonyl (C=O) groups is 2. The summed E-state index contributed by atoms with van der Waals surface area (Å²) in [6.45, 7) is 6.27. The van der Waals surface area contributed by atoms with Gasteiger partial charge < -0.3 is 15.0 Å². The van der Waals surface area contributed by atoms with Gasteiger partial charge in [-0.2, -0.15) is 0 Å². The van der Waals surface area contributed by atoms with Crippen molar-refractivity contribution in [2.24, 2.45) is 0 Å². The first-order valence-electron chi connectivity index (χ1n) is 8.93. The standard InChI is InChI=1S/C21H26N2O3/c1-4-17-10-12-18(13-11-17)22-21(25)14-15-23(16(3)24)19-8-6-7-9-20(19)26-5-2/h6-13H,4-5,14-15H2,1-3H3,(H,22,25). The molecule has 26 heavy (non-hydrogen) atoms. The molecule has 0 saturated carbocycles. The lowest BCUT2D eigenvalue weighted by Gasteiger charge is -2.23. The zero-order chi connectivity index (χ0) is 18.9. The summed E-state index contributed by atoms with van der Waals surface area (Å²) in [4.78, 5) is 25.9. The molecule has 0 saturated heterocycles. The van der Waals surface area contributed by atoms with Crippen molar-refractivity contribution in [1.29, 1.82) is 0 Å². The molecule has 2 rings (SSSR count). The molecule has 0 fully saturated rings. The van der Waals surface area contributed by atoms with E-state index in [0.717, 1.165) is 12.1 Å². The van der Waals surface area contributed by atoms with Gasteiger partial charge >= 0.3 is 0 Å². The van der Waals surface area contributed by atoms with Gasteiger partial charge in [-0.25, -0.2) is 0 Å². The molecule has 0 aromatic heterocycles. The minimum atomic E-state index is -0.130. The van der Waals surface area contributed by atoms with Crippen molar-refractivity contribution in [1.82, 2.24) is 0 Å². The fraction of sp³-hybridized carbons (Fsp3) is 0.333. The third-order valence-corrected chi connectivity index (χ3v) is 4.04. The van der Waals surface area contributed by atoms with Crippen LogP contribution in [0.5, 0.6) is 5.75 Å². The number of amides is 2. The van der Waals surface area contributed by atoms with Gasteiger partial charge in [-0.3, -0.25) is 9.59 Å². The fourth-order valence-corrected chi connectivity index (χ4v) is 2.67. The Hall–Kier alpha value is -2.82. The van der Waals surface area contributed by atoms with Crippen molar-refractivity contribution < 1.29 is 14.3 Å². The van der Waals surface area contributed by atoms with Crippen molar-refractivity contribution >= 4 is 23.2 Å². The van der Waals surface area contributed by atoms with Crippen LogP contribution in [-0.2, 0) is 16.0 Å². The summed E-state index contributed by atoms with van der Waals surface area (Å²) in [6, 6.07) is 15.1. The Morgan fingerprint density at radius 2 is 1.73 bits per heavy atom. The SMILES string of the molecule is CCOc1ccccc1N(CCC(=O)Nc1ccc(CC)cc1)C(C)=O. The predicted octanol–water partition coefficient (Wildman–Crippen LogP) is 4.03. The highest BCUT2D eigenvalue weighted by molar-refractivity contribution is 5.95. The lowest BCUT2D eigenvalue weighted by molar-refractivity contribution is -0.117. The van der Waals surface area contributed by atoms with E-state index in [2.05, 4.69) is 12.2 Å². The van der Waals surface area contributed by atoms with Crippen LogP contribution in [0, 0.1) is 0 Å². The van der Waals surface area contributed by atoms with Gasteiger partial charge in [0.2, 0.25) is 11.8 Å². The summed E-state index contributed by atoms with van der Waals surface area (Å²) in [5.74, 6) is 0.382. The van der Waals surface area contributed by atoms with Crippen molar-refractivity contribution in [3.8, 4) is 5.75 Å². The molecule has 5 heteroatoms. The summed E-state index contributed by atoms with van der Waals surface area (Å²) >= 11 is 0. The average Bonchev–Trinajstić information content (AvgIpc) is 2.64. The number of hydrogen-bond donors (Lipinski definition) is 1. The summed E-state index contributed by atoms with van der Waals surface area (Å²) in [6.07, 6.45) is 1.16. The van der Waals surface area contributed by atoms with Gasteiger partial charge in [0.25, 0.3) is 0 Å². The molecule has 5 nitrogen and oxygen atoms in total. The molecule has 0 aliphatic heterocycles. The highest BCUT2D eigenvalue weighted by atomic mass is 16.5. The maximum absolute atomic E-state index is 12.3. The van der Waals surface area contributed by atoms with Crippen molar-refractivity contribution in [2.75, 3.05) is 23.4 Å². The quantitative estimate of drug-likeness (QED) is 0.779. The number of nitrogens with zero attached hydrogens (tertiary/aromatic N) is 1. The lowest BCUT2D eigenvalue weighted by atomic mass is 10.1. The fourth-order valence-electron chi connectivity index (χ4n) is 2.67. The predicted molar refractivity (Wildman–Crippen MR) is 105 cm³/mol. The van der Waals surface area contributed by atoms with E-state index in [4.69, 9.17) is 4.74 Å². The molecule has 1 N–H and O–H groups in total. The molecule has 0 radical (unpaired) electrons. The van der Waals surface area contributed by atoms with Crippen LogP contribution in [-0.4, -0.2) is 25.0 Å². The Morgan fingerprint density at radius 3 is 2.35 bits per heavy atom. The van der Waals surface area contributed by atoms with Gasteiger partial charge in [-0.05, 0) is 43.2 Å². The van der Waals surface area contributed by atoms with Crippen molar-refractivity contribution in [3.05, 3.63) is 54.1 Å². The Balaban J connectivity index is 2.02. The van der Waals surface area contributed by atoms with E-state index in [-0.39, 0.29) is 24.8 Å². The number of carbonyl (C=O) groups excluding carboxylic acids is 2. The molecule has 0 unspecified atom stereocenters. The molecule has 138 valence electrons. The molecule has 0 aliphatic rings. The van der Waals surface area contributed by atoms with Gasteiger partial charge in [0.05, 0.1) is 12.3 Å². The summed E-state index contributed by atoms with van der Waals surface area (Å²) < 4.78 is 5.60. The van der Waals surface area contributed by atoms with E-state index in [1.165, 1.54) is 12.5 Å². The van der Waals surface area contributed by atoms with Crippen LogP contribution in [0.25, 0.3) is 0 Å². The summed E-state index contributed by atoms with van der Waals surface area (Å²) in [5, 5.41) is 2.87. The monoisotopic (exact) mass is 354 g/mol. The molecule has 0 spiro atoms. The van der Waals surface area contributed by atoms with Crippen LogP contribution in [0.3, 0.4) is 0 Å². The number of rotatable bonds is 8. The number of benzene rings is 2. The summed E-state index contributed by atoms with van der Waals surface area (Å²) in [5.41, 5.74) is 2.66. The second-order valence-corrected chi connectivity index (χ2v) is 5.92. The van der Waals surface area contributed by atoms with Crippen molar-refractivity contribution in [2.45, 2.75) is 33.6 Å². The highest BCUT2D eigenvalue weighted by Gasteiger charge is 2.17. The van der Waals surface area contributed by atoms with Gasteiger partial charge in [0.1, 0.15) is 5.75 Å². The first kappa shape index (κ1) is 19.5. The van der Waals surface area contributed by atoms with Crippen LogP contribution < -0.4 is 15.0 Å². The van der Waals surface area contributed by atoms with E-state index >= 15 is 0 Å². The molecule has 2 amide bonds. The molecular weight excluding hydrogens is 328 g/mol. The number of para-hydroxylation sites is 2. The zero-order valence-corrected chi connectivity index (χ0v) is 15.6. The first-order chi connectivity index (χ1) is 12.5. The van der Waals surface area contributed by atoms with Gasteiger partial charge in [0.15, 0.2) is 0 Å². The molecule has 0 bridgehead atoms. The molecule has 0 heterocycles. The molecule has 0 aliphatic carbocycles. The van der Waals surface area contributed by atoms with Gasteiger partial charge in [-0.15, -0.1) is 0 Å². The molecule has 2 aromatic carbocycles. The first-order valence-corrected chi connectivity index (χ1v) is 8.93. The van der Waals surface area contributed by atoms with Crippen LogP contribution in [0.15, 0.2) is 48.5 Å². The van der Waals surface area contributed by atoms with Gasteiger partial charge in [0, 0.05) is 25.6 Å². The Labute approximate surface area is 155 Å². The smallest absolute Gasteiger partial charge is 0.226 e. The van der Waals surface area contributed by atoms with Crippen LogP contribution in [0.4, 0.5) is 11.4 Å². The Morgan fingerprint density at radius 1 is 1.04 bits per heavy atom. The average molecular weight is 354 g/mol. The van der Waals surface area contributed by atoms with Crippen LogP contribution in [0.2, 0.25) is 0 Å². The summed E-state index contributed by atoms with van der Waals surface area (Å²) in [7, 11) is 0. The third kappa shape index (κ3) is 5.34. The Kier molecular flexibility index (Phi) is 7.21. The lowest BCUT2D eigenvalue weighted by Crippen LogP contribution is -2.32. The molecular formula is C21H26N2O3. The van der Waals surface area contributed by atoms with Crippen LogP contribution in [0.1, 0.15) is 32.8 Å². The molecule has 2 aromatic rings. The maximum Gasteiger partial charge on any atom is 0.226 e.